The molecule has 0 bridgehead atoms. The smallest absolute Gasteiger partial charge is 0.0593 e. The summed E-state index contributed by atoms with van der Waals surface area (Å²) in [5, 5.41) is 3.72. The summed E-state index contributed by atoms with van der Waals surface area (Å²) in [5.74, 6) is 0.940. The predicted molar refractivity (Wildman–Crippen MR) is 77.5 cm³/mol. The van der Waals surface area contributed by atoms with Gasteiger partial charge in [0.1, 0.15) is 0 Å². The number of hydrogen-bond acceptors (Lipinski definition) is 4. The molecule has 2 atom stereocenters. The van der Waals surface area contributed by atoms with Crippen LogP contribution in [0, 0.1) is 5.92 Å². The Hall–Kier alpha value is -0.160. The van der Waals surface area contributed by atoms with E-state index in [0.717, 1.165) is 44.7 Å². The van der Waals surface area contributed by atoms with Gasteiger partial charge in [-0.3, -0.25) is 4.90 Å². The second-order valence-corrected chi connectivity index (χ2v) is 5.99. The minimum atomic E-state index is 0.679. The molecule has 1 N–H and O–H groups in total. The van der Waals surface area contributed by atoms with E-state index < -0.39 is 0 Å². The summed E-state index contributed by atoms with van der Waals surface area (Å²) in [6.45, 7) is 8.27. The molecule has 1 saturated heterocycles. The maximum atomic E-state index is 5.70. The number of hydrogen-bond donors (Lipinski definition) is 1. The van der Waals surface area contributed by atoms with Crippen molar-refractivity contribution in [2.24, 2.45) is 5.92 Å². The Balaban J connectivity index is 1.64. The fourth-order valence-corrected chi connectivity index (χ4v) is 2.87. The zero-order valence-corrected chi connectivity index (χ0v) is 12.6. The second-order valence-electron chi connectivity index (χ2n) is 5.99. The third-order valence-corrected chi connectivity index (χ3v) is 4.37. The van der Waals surface area contributed by atoms with Crippen molar-refractivity contribution in [3.8, 4) is 0 Å². The first-order chi connectivity index (χ1) is 9.31. The van der Waals surface area contributed by atoms with Gasteiger partial charge in [0.25, 0.3) is 0 Å². The molecule has 0 amide bonds. The van der Waals surface area contributed by atoms with Gasteiger partial charge in [0, 0.05) is 45.5 Å². The Morgan fingerprint density at radius 3 is 2.74 bits per heavy atom. The maximum Gasteiger partial charge on any atom is 0.0593 e. The monoisotopic (exact) mass is 270 g/mol. The van der Waals surface area contributed by atoms with Gasteiger partial charge in [0.15, 0.2) is 0 Å². The van der Waals surface area contributed by atoms with E-state index in [0.29, 0.717) is 6.04 Å². The number of nitrogens with one attached hydrogen (secondary N) is 1. The van der Waals surface area contributed by atoms with Gasteiger partial charge in [-0.25, -0.2) is 0 Å². The van der Waals surface area contributed by atoms with E-state index in [4.69, 9.17) is 9.47 Å². The van der Waals surface area contributed by atoms with E-state index in [2.05, 4.69) is 17.1 Å². The van der Waals surface area contributed by atoms with Gasteiger partial charge < -0.3 is 14.8 Å². The van der Waals surface area contributed by atoms with Gasteiger partial charge in [-0.15, -0.1) is 0 Å². The SMILES string of the molecule is COCCCOCCN1CC(C2CC2)NCCC1C. The van der Waals surface area contributed by atoms with Crippen molar-refractivity contribution in [2.75, 3.05) is 46.6 Å². The molecule has 1 aliphatic carbocycles. The summed E-state index contributed by atoms with van der Waals surface area (Å²) in [6.07, 6.45) is 5.10. The largest absolute Gasteiger partial charge is 0.385 e. The lowest BCUT2D eigenvalue weighted by Crippen LogP contribution is -2.42. The van der Waals surface area contributed by atoms with Crippen molar-refractivity contribution in [1.29, 1.82) is 0 Å². The van der Waals surface area contributed by atoms with Crippen molar-refractivity contribution < 1.29 is 9.47 Å². The zero-order chi connectivity index (χ0) is 13.5. The van der Waals surface area contributed by atoms with E-state index in [9.17, 15) is 0 Å². The van der Waals surface area contributed by atoms with Gasteiger partial charge in [0.05, 0.1) is 6.61 Å². The van der Waals surface area contributed by atoms with Crippen LogP contribution in [0.15, 0.2) is 0 Å². The molecule has 1 saturated carbocycles. The molecule has 2 aliphatic rings. The van der Waals surface area contributed by atoms with Gasteiger partial charge in [-0.1, -0.05) is 0 Å². The first-order valence-corrected chi connectivity index (χ1v) is 7.85. The molecule has 4 heteroatoms. The van der Waals surface area contributed by atoms with Crippen molar-refractivity contribution in [2.45, 2.75) is 44.7 Å². The molecule has 1 aliphatic heterocycles. The summed E-state index contributed by atoms with van der Waals surface area (Å²) < 4.78 is 10.7. The lowest BCUT2D eigenvalue weighted by molar-refractivity contribution is 0.0729. The fourth-order valence-electron chi connectivity index (χ4n) is 2.87. The highest BCUT2D eigenvalue weighted by atomic mass is 16.5. The summed E-state index contributed by atoms with van der Waals surface area (Å²) >= 11 is 0. The molecular formula is C15H30N2O2. The lowest BCUT2D eigenvalue weighted by atomic mass is 10.1. The Labute approximate surface area is 117 Å². The molecule has 0 aromatic carbocycles. The van der Waals surface area contributed by atoms with Crippen LogP contribution in [0.5, 0.6) is 0 Å². The molecule has 0 radical (unpaired) electrons. The predicted octanol–water partition coefficient (Wildman–Crippen LogP) is 1.50. The maximum absolute atomic E-state index is 5.70. The van der Waals surface area contributed by atoms with Gasteiger partial charge in [-0.2, -0.15) is 0 Å². The molecule has 19 heavy (non-hydrogen) atoms. The van der Waals surface area contributed by atoms with Crippen LogP contribution in [0.2, 0.25) is 0 Å². The van der Waals surface area contributed by atoms with Crippen molar-refractivity contribution >= 4 is 0 Å². The average molecular weight is 270 g/mol. The molecule has 0 aromatic rings. The van der Waals surface area contributed by atoms with Crippen LogP contribution < -0.4 is 5.32 Å². The van der Waals surface area contributed by atoms with E-state index in [-0.39, 0.29) is 0 Å². The van der Waals surface area contributed by atoms with Crippen LogP contribution >= 0.6 is 0 Å². The van der Waals surface area contributed by atoms with Crippen LogP contribution in [-0.2, 0) is 9.47 Å². The van der Waals surface area contributed by atoms with Crippen LogP contribution in [-0.4, -0.2) is 63.5 Å². The van der Waals surface area contributed by atoms with Gasteiger partial charge >= 0.3 is 0 Å². The summed E-state index contributed by atoms with van der Waals surface area (Å²) in [4.78, 5) is 2.61. The molecule has 2 unspecified atom stereocenters. The number of rotatable bonds is 8. The molecular weight excluding hydrogens is 240 g/mol. The van der Waals surface area contributed by atoms with Gasteiger partial charge in [-0.05, 0) is 45.1 Å². The normalized spacial score (nSPS) is 29.4. The summed E-state index contributed by atoms with van der Waals surface area (Å²) in [5.41, 5.74) is 0. The van der Waals surface area contributed by atoms with Crippen LogP contribution in [0.4, 0.5) is 0 Å². The van der Waals surface area contributed by atoms with Crippen molar-refractivity contribution in [1.82, 2.24) is 10.2 Å². The molecule has 4 nitrogen and oxygen atoms in total. The Morgan fingerprint density at radius 2 is 2.00 bits per heavy atom. The quantitative estimate of drug-likeness (QED) is 0.678. The first kappa shape index (κ1) is 15.2. The zero-order valence-electron chi connectivity index (χ0n) is 12.6. The number of ether oxygens (including phenoxy) is 2. The highest BCUT2D eigenvalue weighted by Crippen LogP contribution is 2.33. The Kier molecular flexibility index (Phi) is 6.57. The molecule has 2 rings (SSSR count). The molecule has 0 spiro atoms. The van der Waals surface area contributed by atoms with E-state index in [1.54, 1.807) is 7.11 Å². The molecule has 2 fully saturated rings. The fraction of sp³-hybridized carbons (Fsp3) is 1.00. The molecule has 1 heterocycles. The van der Waals surface area contributed by atoms with Crippen molar-refractivity contribution in [3.63, 3.8) is 0 Å². The van der Waals surface area contributed by atoms with Crippen LogP contribution in [0.25, 0.3) is 0 Å². The highest BCUT2D eigenvalue weighted by molar-refractivity contribution is 4.91. The van der Waals surface area contributed by atoms with Crippen LogP contribution in [0.1, 0.15) is 32.6 Å². The molecule has 0 aromatic heterocycles. The third-order valence-electron chi connectivity index (χ3n) is 4.37. The average Bonchev–Trinajstić information content (AvgIpc) is 3.22. The highest BCUT2D eigenvalue weighted by Gasteiger charge is 2.34. The minimum Gasteiger partial charge on any atom is -0.385 e. The summed E-state index contributed by atoms with van der Waals surface area (Å²) in [7, 11) is 1.74. The number of nitrogens with zero attached hydrogens (tertiary/aromatic N) is 1. The van der Waals surface area contributed by atoms with Gasteiger partial charge in [0.2, 0.25) is 0 Å². The lowest BCUT2D eigenvalue weighted by Gasteiger charge is -2.29. The van der Waals surface area contributed by atoms with E-state index in [1.807, 2.05) is 0 Å². The topological polar surface area (TPSA) is 33.7 Å². The summed E-state index contributed by atoms with van der Waals surface area (Å²) in [6, 6.07) is 1.40. The number of methoxy groups -OCH3 is 1. The van der Waals surface area contributed by atoms with Crippen molar-refractivity contribution in [3.05, 3.63) is 0 Å². The third kappa shape index (κ3) is 5.38. The minimum absolute atomic E-state index is 0.679. The molecule has 112 valence electrons. The standard InChI is InChI=1S/C15H30N2O2/c1-13-6-7-16-15(14-4-5-14)12-17(13)8-11-19-10-3-9-18-2/h13-16H,3-12H2,1-2H3. The first-order valence-electron chi connectivity index (χ1n) is 7.85. The Bertz CT molecular complexity index is 246. The van der Waals surface area contributed by atoms with E-state index >= 15 is 0 Å². The van der Waals surface area contributed by atoms with Crippen LogP contribution in [0.3, 0.4) is 0 Å². The Morgan fingerprint density at radius 1 is 1.16 bits per heavy atom. The van der Waals surface area contributed by atoms with E-state index in [1.165, 1.54) is 32.4 Å². The second kappa shape index (κ2) is 8.20.